The molecule has 0 bridgehead atoms. The SMILES string of the molecule is Cc1ccc(Oc2nc(Cl)c(Cl)cc2Cl)cc1. The average molecular weight is 289 g/mol. The van der Waals surface area contributed by atoms with E-state index >= 15 is 0 Å². The maximum Gasteiger partial charge on any atom is 0.239 e. The maximum atomic E-state index is 5.95. The van der Waals surface area contributed by atoms with E-state index in [0.29, 0.717) is 15.8 Å². The van der Waals surface area contributed by atoms with Gasteiger partial charge in [0.2, 0.25) is 5.88 Å². The van der Waals surface area contributed by atoms with Gasteiger partial charge in [-0.1, -0.05) is 52.5 Å². The van der Waals surface area contributed by atoms with Crippen molar-refractivity contribution in [1.29, 1.82) is 0 Å². The summed E-state index contributed by atoms with van der Waals surface area (Å²) >= 11 is 17.5. The van der Waals surface area contributed by atoms with Gasteiger partial charge in [0.25, 0.3) is 0 Å². The maximum absolute atomic E-state index is 5.95. The largest absolute Gasteiger partial charge is 0.437 e. The van der Waals surface area contributed by atoms with Gasteiger partial charge in [0.1, 0.15) is 10.8 Å². The number of nitrogens with zero attached hydrogens (tertiary/aromatic N) is 1. The van der Waals surface area contributed by atoms with Gasteiger partial charge in [-0.15, -0.1) is 0 Å². The fraction of sp³-hybridized carbons (Fsp3) is 0.0833. The lowest BCUT2D eigenvalue weighted by molar-refractivity contribution is 0.463. The van der Waals surface area contributed by atoms with Gasteiger partial charge in [-0.25, -0.2) is 0 Å². The van der Waals surface area contributed by atoms with Crippen molar-refractivity contribution in [3.63, 3.8) is 0 Å². The Labute approximate surface area is 114 Å². The number of aromatic nitrogens is 1. The molecule has 2 aromatic rings. The first-order valence-electron chi connectivity index (χ1n) is 4.82. The van der Waals surface area contributed by atoms with Gasteiger partial charge in [0.15, 0.2) is 5.15 Å². The second kappa shape index (κ2) is 5.13. The van der Waals surface area contributed by atoms with Crippen LogP contribution in [0.1, 0.15) is 5.56 Å². The normalized spacial score (nSPS) is 10.4. The lowest BCUT2D eigenvalue weighted by Crippen LogP contribution is -1.90. The molecule has 17 heavy (non-hydrogen) atoms. The molecule has 0 saturated heterocycles. The highest BCUT2D eigenvalue weighted by Crippen LogP contribution is 2.33. The van der Waals surface area contributed by atoms with Crippen LogP contribution in [0.25, 0.3) is 0 Å². The molecule has 0 fully saturated rings. The minimum atomic E-state index is 0.165. The summed E-state index contributed by atoms with van der Waals surface area (Å²) in [6.45, 7) is 1.99. The van der Waals surface area contributed by atoms with Gasteiger partial charge in [0.05, 0.1) is 5.02 Å². The first kappa shape index (κ1) is 12.5. The highest BCUT2D eigenvalue weighted by atomic mass is 35.5. The zero-order valence-corrected chi connectivity index (χ0v) is 11.1. The van der Waals surface area contributed by atoms with Crippen LogP contribution in [0.4, 0.5) is 0 Å². The Morgan fingerprint density at radius 1 is 1.00 bits per heavy atom. The van der Waals surface area contributed by atoms with E-state index in [1.807, 2.05) is 31.2 Å². The van der Waals surface area contributed by atoms with Crippen molar-refractivity contribution in [2.24, 2.45) is 0 Å². The molecule has 2 nitrogen and oxygen atoms in total. The van der Waals surface area contributed by atoms with E-state index in [0.717, 1.165) is 5.56 Å². The van der Waals surface area contributed by atoms with Crippen LogP contribution < -0.4 is 4.74 Å². The van der Waals surface area contributed by atoms with E-state index in [4.69, 9.17) is 39.5 Å². The second-order valence-electron chi connectivity index (χ2n) is 3.46. The number of ether oxygens (including phenoxy) is 1. The van der Waals surface area contributed by atoms with Crippen molar-refractivity contribution >= 4 is 34.8 Å². The van der Waals surface area contributed by atoms with E-state index in [-0.39, 0.29) is 11.0 Å². The van der Waals surface area contributed by atoms with Crippen molar-refractivity contribution in [2.75, 3.05) is 0 Å². The van der Waals surface area contributed by atoms with Crippen LogP contribution >= 0.6 is 34.8 Å². The molecule has 0 aliphatic heterocycles. The number of hydrogen-bond acceptors (Lipinski definition) is 2. The molecule has 1 aromatic carbocycles. The molecule has 0 radical (unpaired) electrons. The summed E-state index contributed by atoms with van der Waals surface area (Å²) < 4.78 is 5.51. The number of hydrogen-bond donors (Lipinski definition) is 0. The molecule has 0 unspecified atom stereocenters. The fourth-order valence-corrected chi connectivity index (χ4v) is 1.75. The van der Waals surface area contributed by atoms with E-state index in [9.17, 15) is 0 Å². The topological polar surface area (TPSA) is 22.1 Å². The molecule has 0 aliphatic carbocycles. The van der Waals surface area contributed by atoms with Crippen molar-refractivity contribution in [3.05, 3.63) is 51.1 Å². The summed E-state index contributed by atoms with van der Waals surface area (Å²) in [7, 11) is 0. The standard InChI is InChI=1S/C12H8Cl3NO/c1-7-2-4-8(5-3-7)17-12-10(14)6-9(13)11(15)16-12/h2-6H,1H3. The predicted molar refractivity (Wildman–Crippen MR) is 70.5 cm³/mol. The summed E-state index contributed by atoms with van der Waals surface area (Å²) in [6, 6.07) is 9.02. The summed E-state index contributed by atoms with van der Waals surface area (Å²) in [4.78, 5) is 3.97. The van der Waals surface area contributed by atoms with E-state index in [1.54, 1.807) is 0 Å². The average Bonchev–Trinajstić information content (AvgIpc) is 2.29. The minimum absolute atomic E-state index is 0.165. The van der Waals surface area contributed by atoms with Crippen LogP contribution in [0.3, 0.4) is 0 Å². The van der Waals surface area contributed by atoms with E-state index < -0.39 is 0 Å². The lowest BCUT2D eigenvalue weighted by Gasteiger charge is -2.07. The predicted octanol–water partition coefficient (Wildman–Crippen LogP) is 5.14. The monoisotopic (exact) mass is 287 g/mol. The molecule has 2 rings (SSSR count). The summed E-state index contributed by atoms with van der Waals surface area (Å²) in [5.41, 5.74) is 1.14. The Bertz CT molecular complexity index is 540. The molecule has 0 N–H and O–H groups in total. The first-order valence-corrected chi connectivity index (χ1v) is 5.96. The molecule has 0 atom stereocenters. The molecular formula is C12H8Cl3NO. The highest BCUT2D eigenvalue weighted by molar-refractivity contribution is 6.42. The number of pyridine rings is 1. The van der Waals surface area contributed by atoms with Gasteiger partial charge in [-0.3, -0.25) is 0 Å². The highest BCUT2D eigenvalue weighted by Gasteiger charge is 2.09. The third kappa shape index (κ3) is 3.03. The van der Waals surface area contributed by atoms with E-state index in [1.165, 1.54) is 6.07 Å². The summed E-state index contributed by atoms with van der Waals surface area (Å²) in [5.74, 6) is 0.883. The van der Waals surface area contributed by atoms with Crippen LogP contribution in [0, 0.1) is 6.92 Å². The summed E-state index contributed by atoms with van der Waals surface area (Å²) in [5, 5.41) is 0.783. The molecule has 5 heteroatoms. The lowest BCUT2D eigenvalue weighted by atomic mass is 10.2. The van der Waals surface area contributed by atoms with Crippen LogP contribution in [0.15, 0.2) is 30.3 Å². The number of halogens is 3. The molecule has 1 aromatic heterocycles. The van der Waals surface area contributed by atoms with Crippen molar-refractivity contribution in [2.45, 2.75) is 6.92 Å². The van der Waals surface area contributed by atoms with Gasteiger partial charge >= 0.3 is 0 Å². The zero-order valence-electron chi connectivity index (χ0n) is 8.88. The van der Waals surface area contributed by atoms with Crippen molar-refractivity contribution in [3.8, 4) is 11.6 Å². The first-order chi connectivity index (χ1) is 8.06. The zero-order chi connectivity index (χ0) is 12.4. The molecule has 0 aliphatic rings. The van der Waals surface area contributed by atoms with Crippen LogP contribution in [-0.4, -0.2) is 4.98 Å². The second-order valence-corrected chi connectivity index (χ2v) is 4.64. The molecule has 88 valence electrons. The molecule has 1 heterocycles. The van der Waals surface area contributed by atoms with Crippen LogP contribution in [0.2, 0.25) is 15.2 Å². The van der Waals surface area contributed by atoms with Gasteiger partial charge in [-0.05, 0) is 25.1 Å². The number of rotatable bonds is 2. The van der Waals surface area contributed by atoms with E-state index in [2.05, 4.69) is 4.98 Å². The number of benzene rings is 1. The Kier molecular flexibility index (Phi) is 3.77. The Morgan fingerprint density at radius 2 is 1.65 bits per heavy atom. The Hall–Kier alpha value is -0.960. The quantitative estimate of drug-likeness (QED) is 0.714. The van der Waals surface area contributed by atoms with Gasteiger partial charge in [0, 0.05) is 0 Å². The van der Waals surface area contributed by atoms with Crippen LogP contribution in [-0.2, 0) is 0 Å². The number of aryl methyl sites for hydroxylation is 1. The molecule has 0 amide bonds. The fourth-order valence-electron chi connectivity index (χ4n) is 1.22. The molecular weight excluding hydrogens is 280 g/mol. The molecule has 0 spiro atoms. The van der Waals surface area contributed by atoms with Crippen LogP contribution in [0.5, 0.6) is 11.6 Å². The third-order valence-corrected chi connectivity index (χ3v) is 3.03. The van der Waals surface area contributed by atoms with Gasteiger partial charge in [-0.2, -0.15) is 4.98 Å². The molecule has 0 saturated carbocycles. The smallest absolute Gasteiger partial charge is 0.239 e. The summed E-state index contributed by atoms with van der Waals surface area (Å²) in [6.07, 6.45) is 0. The minimum Gasteiger partial charge on any atom is -0.437 e. The van der Waals surface area contributed by atoms with Crippen molar-refractivity contribution < 1.29 is 4.74 Å². The Balaban J connectivity index is 2.30. The van der Waals surface area contributed by atoms with Gasteiger partial charge < -0.3 is 4.74 Å². The Morgan fingerprint density at radius 3 is 2.29 bits per heavy atom. The van der Waals surface area contributed by atoms with Crippen molar-refractivity contribution in [1.82, 2.24) is 4.98 Å². The third-order valence-electron chi connectivity index (χ3n) is 2.09.